The summed E-state index contributed by atoms with van der Waals surface area (Å²) in [5, 5.41) is 0. The van der Waals surface area contributed by atoms with Crippen LogP contribution < -0.4 is 10.5 Å². The highest BCUT2D eigenvalue weighted by Crippen LogP contribution is 2.39. The predicted molar refractivity (Wildman–Crippen MR) is 72.5 cm³/mol. The van der Waals surface area contributed by atoms with Gasteiger partial charge in [-0.2, -0.15) is 0 Å². The van der Waals surface area contributed by atoms with Crippen molar-refractivity contribution in [3.63, 3.8) is 0 Å². The van der Waals surface area contributed by atoms with Gasteiger partial charge in [0.15, 0.2) is 0 Å². The number of nitrogens with two attached hydrogens (primary N) is 1. The highest BCUT2D eigenvalue weighted by atomic mass is 19.1. The number of hydrogen-bond acceptors (Lipinski definition) is 2. The number of aryl methyl sites for hydroxylation is 1. The van der Waals surface area contributed by atoms with Gasteiger partial charge < -0.3 is 10.5 Å². The first-order valence-electron chi connectivity index (χ1n) is 6.42. The Bertz CT molecular complexity index is 611. The molecular weight excluding hydrogens is 241 g/mol. The zero-order valence-corrected chi connectivity index (χ0v) is 10.8. The molecule has 2 unspecified atom stereocenters. The second-order valence-electron chi connectivity index (χ2n) is 5.00. The van der Waals surface area contributed by atoms with E-state index in [0.717, 1.165) is 16.9 Å². The van der Waals surface area contributed by atoms with Crippen LogP contribution in [0.15, 0.2) is 42.5 Å². The van der Waals surface area contributed by atoms with E-state index in [2.05, 4.69) is 0 Å². The minimum Gasteiger partial charge on any atom is -0.485 e. The normalized spacial score (nSPS) is 21.6. The molecule has 0 radical (unpaired) electrons. The summed E-state index contributed by atoms with van der Waals surface area (Å²) < 4.78 is 19.3. The van der Waals surface area contributed by atoms with Crippen LogP contribution in [-0.4, -0.2) is 0 Å². The fraction of sp³-hybridized carbons (Fsp3) is 0.250. The van der Waals surface area contributed by atoms with Crippen LogP contribution in [0.1, 0.15) is 35.3 Å². The van der Waals surface area contributed by atoms with E-state index < -0.39 is 0 Å². The van der Waals surface area contributed by atoms with Crippen molar-refractivity contribution in [3.8, 4) is 5.75 Å². The maximum atomic E-state index is 13.3. The highest BCUT2D eigenvalue weighted by molar-refractivity contribution is 5.39. The van der Waals surface area contributed by atoms with E-state index in [9.17, 15) is 4.39 Å². The van der Waals surface area contributed by atoms with Gasteiger partial charge in [0, 0.05) is 18.0 Å². The quantitative estimate of drug-likeness (QED) is 0.846. The second kappa shape index (κ2) is 4.67. The van der Waals surface area contributed by atoms with E-state index in [4.69, 9.17) is 10.5 Å². The summed E-state index contributed by atoms with van der Waals surface area (Å²) in [5.41, 5.74) is 8.84. The average Bonchev–Trinajstić information content (AvgIpc) is 2.42. The minimum absolute atomic E-state index is 0.0414. The fourth-order valence-corrected chi connectivity index (χ4v) is 2.53. The average molecular weight is 257 g/mol. The van der Waals surface area contributed by atoms with E-state index in [0.29, 0.717) is 12.0 Å². The molecule has 1 aliphatic rings. The smallest absolute Gasteiger partial charge is 0.126 e. The second-order valence-corrected chi connectivity index (χ2v) is 5.00. The van der Waals surface area contributed by atoms with Crippen LogP contribution in [0.25, 0.3) is 0 Å². The Labute approximate surface area is 112 Å². The summed E-state index contributed by atoms with van der Waals surface area (Å²) in [5.74, 6) is 0.637. The van der Waals surface area contributed by atoms with Crippen LogP contribution >= 0.6 is 0 Å². The SMILES string of the molecule is Cc1cc(C2CC(N)c3ccccc3O2)ccc1F. The van der Waals surface area contributed by atoms with Crippen LogP contribution in [0.2, 0.25) is 0 Å². The Morgan fingerprint density at radius 1 is 1.21 bits per heavy atom. The number of hydrogen-bond donors (Lipinski definition) is 1. The first-order valence-corrected chi connectivity index (χ1v) is 6.42. The zero-order chi connectivity index (χ0) is 13.4. The van der Waals surface area contributed by atoms with Gasteiger partial charge in [-0.25, -0.2) is 4.39 Å². The van der Waals surface area contributed by atoms with Crippen LogP contribution in [0.3, 0.4) is 0 Å². The summed E-state index contributed by atoms with van der Waals surface area (Å²) in [6, 6.07) is 12.9. The molecule has 0 saturated heterocycles. The molecule has 3 heteroatoms. The summed E-state index contributed by atoms with van der Waals surface area (Å²) in [6.45, 7) is 1.76. The van der Waals surface area contributed by atoms with Gasteiger partial charge in [0.25, 0.3) is 0 Å². The third-order valence-corrected chi connectivity index (χ3v) is 3.61. The highest BCUT2D eigenvalue weighted by Gasteiger charge is 2.26. The molecule has 0 spiro atoms. The zero-order valence-electron chi connectivity index (χ0n) is 10.8. The van der Waals surface area contributed by atoms with E-state index in [-0.39, 0.29) is 18.0 Å². The lowest BCUT2D eigenvalue weighted by molar-refractivity contribution is 0.161. The number of benzene rings is 2. The van der Waals surface area contributed by atoms with Crippen molar-refractivity contribution in [2.24, 2.45) is 5.73 Å². The Kier molecular flexibility index (Phi) is 2.99. The van der Waals surface area contributed by atoms with Crippen molar-refractivity contribution in [2.45, 2.75) is 25.5 Å². The number of halogens is 1. The molecule has 98 valence electrons. The maximum Gasteiger partial charge on any atom is 0.126 e. The summed E-state index contributed by atoms with van der Waals surface area (Å²) in [7, 11) is 0. The van der Waals surface area contributed by atoms with E-state index >= 15 is 0 Å². The van der Waals surface area contributed by atoms with Gasteiger partial charge in [0.05, 0.1) is 0 Å². The molecule has 0 saturated carbocycles. The van der Waals surface area contributed by atoms with Crippen molar-refractivity contribution >= 4 is 0 Å². The number of rotatable bonds is 1. The lowest BCUT2D eigenvalue weighted by atomic mass is 9.93. The van der Waals surface area contributed by atoms with Crippen LogP contribution in [0, 0.1) is 12.7 Å². The van der Waals surface area contributed by atoms with Gasteiger partial charge in [-0.3, -0.25) is 0 Å². The Morgan fingerprint density at radius 3 is 2.79 bits per heavy atom. The van der Waals surface area contributed by atoms with Crippen molar-refractivity contribution in [1.82, 2.24) is 0 Å². The van der Waals surface area contributed by atoms with Crippen molar-refractivity contribution in [1.29, 1.82) is 0 Å². The molecular formula is C16H16FNO. The molecule has 1 heterocycles. The molecule has 19 heavy (non-hydrogen) atoms. The van der Waals surface area contributed by atoms with Crippen LogP contribution in [0.4, 0.5) is 4.39 Å². The molecule has 0 aromatic heterocycles. The predicted octanol–water partition coefficient (Wildman–Crippen LogP) is 3.66. The third-order valence-electron chi connectivity index (χ3n) is 3.61. The fourth-order valence-electron chi connectivity index (χ4n) is 2.53. The van der Waals surface area contributed by atoms with Crippen molar-refractivity contribution in [2.75, 3.05) is 0 Å². The van der Waals surface area contributed by atoms with E-state index in [1.165, 1.54) is 6.07 Å². The molecule has 2 atom stereocenters. The lowest BCUT2D eigenvalue weighted by Crippen LogP contribution is -2.24. The minimum atomic E-state index is -0.191. The first kappa shape index (κ1) is 12.2. The topological polar surface area (TPSA) is 35.2 Å². The van der Waals surface area contributed by atoms with Crippen LogP contribution in [-0.2, 0) is 0 Å². The summed E-state index contributed by atoms with van der Waals surface area (Å²) in [4.78, 5) is 0. The van der Waals surface area contributed by atoms with Gasteiger partial charge >= 0.3 is 0 Å². The maximum absolute atomic E-state index is 13.3. The molecule has 2 N–H and O–H groups in total. The number of ether oxygens (including phenoxy) is 1. The molecule has 3 rings (SSSR count). The molecule has 0 fully saturated rings. The first-order chi connectivity index (χ1) is 9.15. The molecule has 2 aromatic carbocycles. The largest absolute Gasteiger partial charge is 0.485 e. The van der Waals surface area contributed by atoms with E-state index in [1.807, 2.05) is 30.3 Å². The Balaban J connectivity index is 1.94. The third kappa shape index (κ3) is 2.22. The van der Waals surface area contributed by atoms with Crippen LogP contribution in [0.5, 0.6) is 5.75 Å². The monoisotopic (exact) mass is 257 g/mol. The van der Waals surface area contributed by atoms with Gasteiger partial charge in [0.2, 0.25) is 0 Å². The Hall–Kier alpha value is -1.87. The molecule has 0 amide bonds. The molecule has 1 aliphatic heterocycles. The molecule has 2 aromatic rings. The Morgan fingerprint density at radius 2 is 2.00 bits per heavy atom. The number of para-hydroxylation sites is 1. The van der Waals surface area contributed by atoms with E-state index in [1.54, 1.807) is 13.0 Å². The van der Waals surface area contributed by atoms with Gasteiger partial charge in [0.1, 0.15) is 17.7 Å². The summed E-state index contributed by atoms with van der Waals surface area (Å²) in [6.07, 6.45) is 0.603. The van der Waals surface area contributed by atoms with Gasteiger partial charge in [-0.05, 0) is 36.2 Å². The molecule has 2 nitrogen and oxygen atoms in total. The van der Waals surface area contributed by atoms with Crippen molar-refractivity contribution < 1.29 is 9.13 Å². The molecule has 0 aliphatic carbocycles. The van der Waals surface area contributed by atoms with Gasteiger partial charge in [-0.1, -0.05) is 24.3 Å². The summed E-state index contributed by atoms with van der Waals surface area (Å²) >= 11 is 0. The number of fused-ring (bicyclic) bond motifs is 1. The lowest BCUT2D eigenvalue weighted by Gasteiger charge is -2.30. The molecule has 0 bridgehead atoms. The van der Waals surface area contributed by atoms with Gasteiger partial charge in [-0.15, -0.1) is 0 Å². The van der Waals surface area contributed by atoms with Crippen molar-refractivity contribution in [3.05, 3.63) is 65.0 Å². The standard InChI is InChI=1S/C16H16FNO/c1-10-8-11(6-7-13(10)17)16-9-14(18)12-4-2-3-5-15(12)19-16/h2-8,14,16H,9,18H2,1H3.